The van der Waals surface area contributed by atoms with Crippen molar-refractivity contribution in [2.45, 2.75) is 19.6 Å². The first-order valence-corrected chi connectivity index (χ1v) is 8.85. The number of fused-ring (bicyclic) bond motifs is 1. The number of amides is 1. The third-order valence-corrected chi connectivity index (χ3v) is 4.84. The average molecular weight is 411 g/mol. The number of benzene rings is 1. The van der Waals surface area contributed by atoms with Crippen molar-refractivity contribution in [1.29, 1.82) is 0 Å². The lowest BCUT2D eigenvalue weighted by Crippen LogP contribution is -2.43. The van der Waals surface area contributed by atoms with Gasteiger partial charge >= 0.3 is 6.61 Å². The van der Waals surface area contributed by atoms with Crippen LogP contribution in [0.1, 0.15) is 6.42 Å². The molecule has 6 nitrogen and oxygen atoms in total. The van der Waals surface area contributed by atoms with Crippen molar-refractivity contribution in [3.8, 4) is 16.9 Å². The summed E-state index contributed by atoms with van der Waals surface area (Å²) in [6, 6.07) is 5.96. The van der Waals surface area contributed by atoms with Crippen LogP contribution < -0.4 is 4.74 Å². The van der Waals surface area contributed by atoms with Gasteiger partial charge in [0.25, 0.3) is 5.95 Å². The summed E-state index contributed by atoms with van der Waals surface area (Å²) < 4.78 is 44.8. The summed E-state index contributed by atoms with van der Waals surface area (Å²) in [6.45, 7) is -1.76. The van der Waals surface area contributed by atoms with E-state index in [-0.39, 0.29) is 28.7 Å². The van der Waals surface area contributed by atoms with Gasteiger partial charge < -0.3 is 9.64 Å². The molecule has 1 aliphatic rings. The van der Waals surface area contributed by atoms with E-state index in [0.717, 1.165) is 6.42 Å². The maximum atomic E-state index is 14.1. The zero-order valence-corrected chi connectivity index (χ0v) is 15.2. The first kappa shape index (κ1) is 18.5. The minimum Gasteiger partial charge on any atom is -0.433 e. The second kappa shape index (κ2) is 7.31. The second-order valence-electron chi connectivity index (χ2n) is 6.30. The van der Waals surface area contributed by atoms with Crippen molar-refractivity contribution >= 4 is 28.5 Å². The molecule has 0 saturated carbocycles. The highest BCUT2D eigenvalue weighted by Crippen LogP contribution is 2.32. The second-order valence-corrected chi connectivity index (χ2v) is 6.71. The van der Waals surface area contributed by atoms with Gasteiger partial charge in [-0.15, -0.1) is 5.10 Å². The smallest absolute Gasteiger partial charge is 0.387 e. The Labute approximate surface area is 162 Å². The van der Waals surface area contributed by atoms with Crippen molar-refractivity contribution in [3.63, 3.8) is 0 Å². The van der Waals surface area contributed by atoms with Crippen LogP contribution in [0.25, 0.3) is 22.2 Å². The van der Waals surface area contributed by atoms with Gasteiger partial charge in [0.05, 0.1) is 10.5 Å². The fourth-order valence-corrected chi connectivity index (χ4v) is 3.12. The maximum Gasteiger partial charge on any atom is 0.387 e. The molecule has 0 N–H and O–H groups in total. The fourth-order valence-electron chi connectivity index (χ4n) is 2.96. The summed E-state index contributed by atoms with van der Waals surface area (Å²) in [5.74, 6) is -1.11. The Kier molecular flexibility index (Phi) is 4.84. The third-order valence-electron chi connectivity index (χ3n) is 4.52. The van der Waals surface area contributed by atoms with E-state index in [4.69, 9.17) is 11.6 Å². The molecule has 1 aliphatic heterocycles. The van der Waals surface area contributed by atoms with Crippen molar-refractivity contribution in [1.82, 2.24) is 19.7 Å². The minimum absolute atomic E-state index is 0.0261. The monoisotopic (exact) mass is 410 g/mol. The number of likely N-dealkylation sites (tertiary alicyclic amines) is 1. The normalized spacial score (nSPS) is 13.8. The predicted octanol–water partition coefficient (Wildman–Crippen LogP) is 3.72. The molecule has 1 saturated heterocycles. The Morgan fingerprint density at radius 3 is 2.71 bits per heavy atom. The van der Waals surface area contributed by atoms with E-state index in [2.05, 4.69) is 14.8 Å². The molecule has 28 heavy (non-hydrogen) atoms. The lowest BCUT2D eigenvalue weighted by Gasteiger charge is -2.30. The zero-order chi connectivity index (χ0) is 19.8. The molecule has 0 spiro atoms. The van der Waals surface area contributed by atoms with Gasteiger partial charge in [-0.3, -0.25) is 9.48 Å². The highest BCUT2D eigenvalue weighted by molar-refractivity contribution is 6.32. The number of carbonyl (C=O) groups is 1. The average Bonchev–Trinajstić information content (AvgIpc) is 2.90. The van der Waals surface area contributed by atoms with Gasteiger partial charge in [-0.1, -0.05) is 17.7 Å². The zero-order valence-electron chi connectivity index (χ0n) is 14.4. The van der Waals surface area contributed by atoms with Crippen LogP contribution in [0.15, 0.2) is 30.5 Å². The number of carbonyl (C=O) groups excluding carboxylic acids is 1. The highest BCUT2D eigenvalue weighted by atomic mass is 35.5. The molecule has 1 amide bonds. The van der Waals surface area contributed by atoms with Crippen LogP contribution in [0.2, 0.25) is 5.02 Å². The molecule has 1 fully saturated rings. The Balaban J connectivity index is 1.71. The van der Waals surface area contributed by atoms with Crippen molar-refractivity contribution in [2.75, 3.05) is 13.1 Å². The highest BCUT2D eigenvalue weighted by Gasteiger charge is 2.22. The molecule has 3 aromatic rings. The van der Waals surface area contributed by atoms with E-state index in [1.165, 1.54) is 23.0 Å². The van der Waals surface area contributed by atoms with Crippen LogP contribution >= 0.6 is 11.6 Å². The molecule has 10 heteroatoms. The molecule has 0 bridgehead atoms. The summed E-state index contributed by atoms with van der Waals surface area (Å²) in [5.41, 5.74) is 1.37. The van der Waals surface area contributed by atoms with Crippen LogP contribution in [0.4, 0.5) is 13.2 Å². The molecule has 0 aliphatic carbocycles. The fraction of sp³-hybridized carbons (Fsp3) is 0.278. The lowest BCUT2D eigenvalue weighted by atomic mass is 10.1. The third kappa shape index (κ3) is 3.49. The van der Waals surface area contributed by atoms with Crippen LogP contribution in [0, 0.1) is 5.95 Å². The van der Waals surface area contributed by atoms with Crippen molar-refractivity contribution in [2.24, 2.45) is 0 Å². The summed E-state index contributed by atoms with van der Waals surface area (Å²) in [6.07, 6.45) is 2.34. The van der Waals surface area contributed by atoms with Crippen molar-refractivity contribution < 1.29 is 22.7 Å². The quantitative estimate of drug-likeness (QED) is 0.643. The van der Waals surface area contributed by atoms with Gasteiger partial charge in [0.2, 0.25) is 5.91 Å². The van der Waals surface area contributed by atoms with Gasteiger partial charge in [0.1, 0.15) is 17.8 Å². The van der Waals surface area contributed by atoms with Crippen LogP contribution in [-0.2, 0) is 11.3 Å². The molecule has 3 heterocycles. The van der Waals surface area contributed by atoms with Gasteiger partial charge in [-0.25, -0.2) is 4.98 Å². The minimum atomic E-state index is -3.02. The van der Waals surface area contributed by atoms with Crippen LogP contribution in [-0.4, -0.2) is 45.3 Å². The molecule has 4 rings (SSSR count). The Bertz CT molecular complexity index is 1050. The van der Waals surface area contributed by atoms with E-state index in [1.54, 1.807) is 17.0 Å². The standard InChI is InChI=1S/C18H14ClF3N4O2/c19-12-3-2-10(7-14(12)28-18(21)22)11-6-13-16(23-8-11)17(20)24-26(13)9-15(27)25-4-1-5-25/h2-3,6-8,18H,1,4-5,9H2. The summed E-state index contributed by atoms with van der Waals surface area (Å²) in [4.78, 5) is 17.9. The number of hydrogen-bond donors (Lipinski definition) is 0. The number of ether oxygens (including phenoxy) is 1. The molecular weight excluding hydrogens is 397 g/mol. The molecule has 1 aromatic carbocycles. The van der Waals surface area contributed by atoms with E-state index < -0.39 is 12.6 Å². The first-order chi connectivity index (χ1) is 13.4. The van der Waals surface area contributed by atoms with E-state index in [9.17, 15) is 18.0 Å². The van der Waals surface area contributed by atoms with E-state index >= 15 is 0 Å². The van der Waals surface area contributed by atoms with Crippen LogP contribution in [0.5, 0.6) is 5.75 Å². The Hall–Kier alpha value is -2.81. The van der Waals surface area contributed by atoms with Gasteiger partial charge in [0.15, 0.2) is 0 Å². The van der Waals surface area contributed by atoms with E-state index in [0.29, 0.717) is 29.7 Å². The molecule has 146 valence electrons. The van der Waals surface area contributed by atoms with Gasteiger partial charge in [-0.05, 0) is 30.2 Å². The Morgan fingerprint density at radius 2 is 2.04 bits per heavy atom. The molecule has 2 aromatic heterocycles. The topological polar surface area (TPSA) is 60.3 Å². The van der Waals surface area contributed by atoms with Gasteiger partial charge in [-0.2, -0.15) is 13.2 Å². The summed E-state index contributed by atoms with van der Waals surface area (Å²) in [5, 5.41) is 3.81. The number of halogens is 4. The number of alkyl halides is 2. The number of aromatic nitrogens is 3. The first-order valence-electron chi connectivity index (χ1n) is 8.47. The Morgan fingerprint density at radius 1 is 1.25 bits per heavy atom. The lowest BCUT2D eigenvalue weighted by molar-refractivity contribution is -0.135. The molecule has 0 atom stereocenters. The maximum absolute atomic E-state index is 14.1. The van der Waals surface area contributed by atoms with Gasteiger partial charge in [0, 0.05) is 24.8 Å². The number of nitrogens with zero attached hydrogens (tertiary/aromatic N) is 4. The predicted molar refractivity (Wildman–Crippen MR) is 95.8 cm³/mol. The largest absolute Gasteiger partial charge is 0.433 e. The van der Waals surface area contributed by atoms with Crippen LogP contribution in [0.3, 0.4) is 0 Å². The van der Waals surface area contributed by atoms with E-state index in [1.807, 2.05) is 0 Å². The van der Waals surface area contributed by atoms with Crippen molar-refractivity contribution in [3.05, 3.63) is 41.4 Å². The summed E-state index contributed by atoms with van der Waals surface area (Å²) in [7, 11) is 0. The summed E-state index contributed by atoms with van der Waals surface area (Å²) >= 11 is 5.88. The number of pyridine rings is 1. The molecular formula is C18H14ClF3N4O2. The SMILES string of the molecule is O=C(Cn1nc(F)c2ncc(-c3ccc(Cl)c(OC(F)F)c3)cc21)N1CCC1. The number of rotatable bonds is 5. The molecule has 0 unspecified atom stereocenters. The number of hydrogen-bond acceptors (Lipinski definition) is 4. The molecule has 0 radical (unpaired) electrons.